The molecule has 5 nitrogen and oxygen atoms in total. The van der Waals surface area contributed by atoms with Crippen LogP contribution in [-0.4, -0.2) is 40.8 Å². The van der Waals surface area contributed by atoms with Gasteiger partial charge in [0.1, 0.15) is 0 Å². The molecule has 0 unspecified atom stereocenters. The number of nitrogens with zero attached hydrogens (tertiary/aromatic N) is 3. The van der Waals surface area contributed by atoms with Gasteiger partial charge in [-0.2, -0.15) is 0 Å². The topological polar surface area (TPSA) is 58.1 Å². The van der Waals surface area contributed by atoms with E-state index in [-0.39, 0.29) is 17.4 Å². The average molecular weight is 385 g/mol. The van der Waals surface area contributed by atoms with Gasteiger partial charge in [0.05, 0.1) is 5.75 Å². The van der Waals surface area contributed by atoms with Gasteiger partial charge in [-0.15, -0.1) is 11.8 Å². The summed E-state index contributed by atoms with van der Waals surface area (Å²) in [6.45, 7) is 8.36. The van der Waals surface area contributed by atoms with Crippen molar-refractivity contribution in [2.45, 2.75) is 50.0 Å². The monoisotopic (exact) mass is 384 g/mol. The molecule has 0 saturated carbocycles. The first-order chi connectivity index (χ1) is 12.9. The second-order valence-electron chi connectivity index (χ2n) is 7.94. The first kappa shape index (κ1) is 19.7. The van der Waals surface area contributed by atoms with Gasteiger partial charge < -0.3 is 10.2 Å². The minimum atomic E-state index is 0.106. The zero-order valence-electron chi connectivity index (χ0n) is 16.3. The van der Waals surface area contributed by atoms with Crippen LogP contribution in [0.2, 0.25) is 0 Å². The zero-order chi connectivity index (χ0) is 19.3. The summed E-state index contributed by atoms with van der Waals surface area (Å²) in [6, 6.07) is 10.6. The minimum absolute atomic E-state index is 0.106. The lowest BCUT2D eigenvalue weighted by Gasteiger charge is -2.32. The summed E-state index contributed by atoms with van der Waals surface area (Å²) in [5.74, 6) is 1.34. The number of aromatic nitrogens is 2. The van der Waals surface area contributed by atoms with E-state index < -0.39 is 0 Å². The first-order valence-electron chi connectivity index (χ1n) is 9.46. The van der Waals surface area contributed by atoms with E-state index in [9.17, 15) is 4.79 Å². The lowest BCUT2D eigenvalue weighted by Crippen LogP contribution is -2.45. The fourth-order valence-electron chi connectivity index (χ4n) is 3.15. The van der Waals surface area contributed by atoms with Gasteiger partial charge in [0.15, 0.2) is 0 Å². The maximum Gasteiger partial charge on any atom is 0.230 e. The Bertz CT molecular complexity index is 735. The van der Waals surface area contributed by atoms with E-state index >= 15 is 0 Å². The van der Waals surface area contributed by atoms with E-state index in [1.165, 1.54) is 5.56 Å². The van der Waals surface area contributed by atoms with Gasteiger partial charge in [0.2, 0.25) is 11.9 Å². The highest BCUT2D eigenvalue weighted by Crippen LogP contribution is 2.25. The summed E-state index contributed by atoms with van der Waals surface area (Å²) in [7, 11) is 0. The molecule has 1 saturated heterocycles. The molecule has 0 aliphatic carbocycles. The second-order valence-corrected chi connectivity index (χ2v) is 8.99. The number of nitrogens with one attached hydrogen (secondary N) is 1. The minimum Gasteiger partial charge on any atom is -0.353 e. The summed E-state index contributed by atoms with van der Waals surface area (Å²) in [6.07, 6.45) is 5.38. The molecule has 1 amide bonds. The molecule has 27 heavy (non-hydrogen) atoms. The van der Waals surface area contributed by atoms with Gasteiger partial charge in [0, 0.05) is 36.4 Å². The fourth-order valence-corrected chi connectivity index (χ4v) is 3.86. The SMILES string of the molecule is CC(C)(C)c1ccc(SCC(=O)NC2CCN(c3ncccn3)CC2)cc1. The van der Waals surface area contributed by atoms with Crippen LogP contribution < -0.4 is 10.2 Å². The third-order valence-corrected chi connectivity index (χ3v) is 5.80. The molecule has 0 spiro atoms. The van der Waals surface area contributed by atoms with E-state index in [0.29, 0.717) is 5.75 Å². The Kier molecular flexibility index (Phi) is 6.37. The smallest absolute Gasteiger partial charge is 0.230 e. The molecule has 3 rings (SSSR count). The molecule has 2 aromatic rings. The number of carbonyl (C=O) groups excluding carboxylic acids is 1. The first-order valence-corrected chi connectivity index (χ1v) is 10.4. The number of benzene rings is 1. The lowest BCUT2D eigenvalue weighted by atomic mass is 9.87. The molecule has 1 aliphatic rings. The van der Waals surface area contributed by atoms with Gasteiger partial charge in [0.25, 0.3) is 0 Å². The van der Waals surface area contributed by atoms with Gasteiger partial charge >= 0.3 is 0 Å². The van der Waals surface area contributed by atoms with Crippen molar-refractivity contribution in [3.8, 4) is 0 Å². The normalized spacial score (nSPS) is 15.6. The van der Waals surface area contributed by atoms with E-state index in [0.717, 1.165) is 36.8 Å². The van der Waals surface area contributed by atoms with E-state index in [1.807, 2.05) is 6.07 Å². The van der Waals surface area contributed by atoms with Crippen LogP contribution >= 0.6 is 11.8 Å². The van der Waals surface area contributed by atoms with Crippen LogP contribution in [0.3, 0.4) is 0 Å². The zero-order valence-corrected chi connectivity index (χ0v) is 17.1. The van der Waals surface area contributed by atoms with E-state index in [2.05, 4.69) is 65.2 Å². The number of carbonyl (C=O) groups is 1. The van der Waals surface area contributed by atoms with Crippen LogP contribution in [0.1, 0.15) is 39.2 Å². The van der Waals surface area contributed by atoms with Crippen molar-refractivity contribution in [1.82, 2.24) is 15.3 Å². The summed E-state index contributed by atoms with van der Waals surface area (Å²) in [5.41, 5.74) is 1.46. The lowest BCUT2D eigenvalue weighted by molar-refractivity contribution is -0.119. The Morgan fingerprint density at radius 2 is 1.78 bits per heavy atom. The van der Waals surface area contributed by atoms with E-state index in [4.69, 9.17) is 0 Å². The Morgan fingerprint density at radius 3 is 2.37 bits per heavy atom. The Labute approximate surface area is 166 Å². The fraction of sp³-hybridized carbons (Fsp3) is 0.476. The van der Waals surface area contributed by atoms with Crippen molar-refractivity contribution in [3.05, 3.63) is 48.3 Å². The maximum atomic E-state index is 12.3. The van der Waals surface area contributed by atoms with Crippen molar-refractivity contribution in [1.29, 1.82) is 0 Å². The van der Waals surface area contributed by atoms with Gasteiger partial charge in [-0.3, -0.25) is 4.79 Å². The highest BCUT2D eigenvalue weighted by atomic mass is 32.2. The van der Waals surface area contributed by atoms with Crippen molar-refractivity contribution >= 4 is 23.6 Å². The Balaban J connectivity index is 1.41. The predicted molar refractivity (Wildman–Crippen MR) is 111 cm³/mol. The number of thioether (sulfide) groups is 1. The summed E-state index contributed by atoms with van der Waals surface area (Å²) < 4.78 is 0. The van der Waals surface area contributed by atoms with Crippen LogP contribution in [0.25, 0.3) is 0 Å². The molecule has 1 aromatic carbocycles. The predicted octanol–water partition coefficient (Wildman–Crippen LogP) is 3.65. The summed E-state index contributed by atoms with van der Waals surface area (Å²) in [5, 5.41) is 3.17. The van der Waals surface area contributed by atoms with Crippen molar-refractivity contribution in [2.24, 2.45) is 0 Å². The van der Waals surface area contributed by atoms with Crippen LogP contribution in [-0.2, 0) is 10.2 Å². The molecule has 2 heterocycles. The van der Waals surface area contributed by atoms with Gasteiger partial charge in [-0.05, 0) is 42.0 Å². The summed E-state index contributed by atoms with van der Waals surface area (Å²) >= 11 is 1.59. The molecular weight excluding hydrogens is 356 g/mol. The van der Waals surface area contributed by atoms with E-state index in [1.54, 1.807) is 24.2 Å². The van der Waals surface area contributed by atoms with Crippen molar-refractivity contribution in [2.75, 3.05) is 23.7 Å². The average Bonchev–Trinajstić information content (AvgIpc) is 2.67. The number of piperidine rings is 1. The Morgan fingerprint density at radius 1 is 1.15 bits per heavy atom. The quantitative estimate of drug-likeness (QED) is 0.798. The largest absolute Gasteiger partial charge is 0.353 e. The molecule has 6 heteroatoms. The van der Waals surface area contributed by atoms with Gasteiger partial charge in [-0.25, -0.2) is 9.97 Å². The van der Waals surface area contributed by atoms with Crippen molar-refractivity contribution < 1.29 is 4.79 Å². The highest BCUT2D eigenvalue weighted by Gasteiger charge is 2.22. The Hall–Kier alpha value is -2.08. The molecule has 0 radical (unpaired) electrons. The molecule has 144 valence electrons. The number of hydrogen-bond acceptors (Lipinski definition) is 5. The van der Waals surface area contributed by atoms with Crippen LogP contribution in [0.4, 0.5) is 5.95 Å². The highest BCUT2D eigenvalue weighted by molar-refractivity contribution is 8.00. The summed E-state index contributed by atoms with van der Waals surface area (Å²) in [4.78, 5) is 24.2. The molecule has 1 aliphatic heterocycles. The second kappa shape index (κ2) is 8.74. The van der Waals surface area contributed by atoms with Crippen LogP contribution in [0.5, 0.6) is 0 Å². The standard InChI is InChI=1S/C21H28N4OS/c1-21(2,3)16-5-7-18(8-6-16)27-15-19(26)24-17-9-13-25(14-10-17)20-22-11-4-12-23-20/h4-8,11-12,17H,9-10,13-15H2,1-3H3,(H,24,26). The molecule has 1 N–H and O–H groups in total. The molecular formula is C21H28N4OS. The number of amides is 1. The van der Waals surface area contributed by atoms with Crippen LogP contribution in [0.15, 0.2) is 47.6 Å². The molecule has 0 bridgehead atoms. The van der Waals surface area contributed by atoms with Gasteiger partial charge in [-0.1, -0.05) is 32.9 Å². The number of rotatable bonds is 5. The number of hydrogen-bond donors (Lipinski definition) is 1. The number of anilines is 1. The van der Waals surface area contributed by atoms with Crippen LogP contribution in [0, 0.1) is 0 Å². The third-order valence-electron chi connectivity index (χ3n) is 4.79. The molecule has 1 aromatic heterocycles. The third kappa shape index (κ3) is 5.70. The molecule has 0 atom stereocenters. The molecule has 1 fully saturated rings. The maximum absolute atomic E-state index is 12.3. The van der Waals surface area contributed by atoms with Crippen molar-refractivity contribution in [3.63, 3.8) is 0 Å².